The molecule has 0 spiro atoms. The molecule has 0 saturated carbocycles. The molecule has 0 aliphatic carbocycles. The SMILES string of the molecule is N[C@H](C(=O)Nc1cncc(F)c1CC[C@@H]1CN[C@H](COC(=O)CCC(F)(F)F)CO1)[C@H](c1ccc(F)cc1)c1ccc(Br)cc1. The zero-order valence-corrected chi connectivity index (χ0v) is 25.5. The van der Waals surface area contributed by atoms with Crippen LogP contribution in [0.4, 0.5) is 27.6 Å². The number of ether oxygens (including phenoxy) is 2. The Labute approximate surface area is 265 Å². The molecule has 1 amide bonds. The lowest BCUT2D eigenvalue weighted by atomic mass is 9.85. The van der Waals surface area contributed by atoms with Crippen LogP contribution >= 0.6 is 15.9 Å². The summed E-state index contributed by atoms with van der Waals surface area (Å²) in [5.74, 6) is -3.24. The molecule has 45 heavy (non-hydrogen) atoms. The summed E-state index contributed by atoms with van der Waals surface area (Å²) in [6.07, 6.45) is -3.88. The maximum Gasteiger partial charge on any atom is 0.389 e. The van der Waals surface area contributed by atoms with Crippen LogP contribution in [-0.2, 0) is 25.5 Å². The molecule has 0 unspecified atom stereocenters. The molecule has 2 heterocycles. The second-order valence-electron chi connectivity index (χ2n) is 10.6. The predicted molar refractivity (Wildman–Crippen MR) is 159 cm³/mol. The number of rotatable bonds is 12. The van der Waals surface area contributed by atoms with Crippen LogP contribution in [0, 0.1) is 11.6 Å². The molecular weight excluding hydrogens is 667 g/mol. The molecule has 4 rings (SSSR count). The van der Waals surface area contributed by atoms with Gasteiger partial charge < -0.3 is 25.8 Å². The number of amides is 1. The van der Waals surface area contributed by atoms with Gasteiger partial charge in [-0.2, -0.15) is 13.2 Å². The summed E-state index contributed by atoms with van der Waals surface area (Å²) in [7, 11) is 0. The number of esters is 1. The largest absolute Gasteiger partial charge is 0.464 e. The van der Waals surface area contributed by atoms with E-state index in [0.29, 0.717) is 18.5 Å². The molecule has 4 atom stereocenters. The van der Waals surface area contributed by atoms with Crippen LogP contribution < -0.4 is 16.4 Å². The number of aromatic nitrogens is 1. The minimum atomic E-state index is -4.44. The van der Waals surface area contributed by atoms with Crippen molar-refractivity contribution in [1.82, 2.24) is 10.3 Å². The van der Waals surface area contributed by atoms with E-state index in [4.69, 9.17) is 15.2 Å². The monoisotopic (exact) mass is 698 g/mol. The van der Waals surface area contributed by atoms with Crippen LogP contribution in [-0.4, -0.2) is 61.0 Å². The molecule has 4 N–H and O–H groups in total. The van der Waals surface area contributed by atoms with Crippen LogP contribution in [0.2, 0.25) is 0 Å². The van der Waals surface area contributed by atoms with Gasteiger partial charge in [0.2, 0.25) is 5.91 Å². The highest BCUT2D eigenvalue weighted by Gasteiger charge is 2.30. The van der Waals surface area contributed by atoms with Crippen molar-refractivity contribution in [3.05, 3.63) is 93.7 Å². The maximum atomic E-state index is 14.9. The van der Waals surface area contributed by atoms with Crippen molar-refractivity contribution in [2.24, 2.45) is 5.73 Å². The summed E-state index contributed by atoms with van der Waals surface area (Å²) < 4.78 is 76.9. The topological polar surface area (TPSA) is 116 Å². The number of halogens is 6. The minimum absolute atomic E-state index is 0.134. The molecule has 14 heteroatoms. The first kappa shape index (κ1) is 34.4. The van der Waals surface area contributed by atoms with Crippen molar-refractivity contribution in [2.75, 3.05) is 25.1 Å². The van der Waals surface area contributed by atoms with Crippen molar-refractivity contribution in [2.45, 2.75) is 56.0 Å². The average Bonchev–Trinajstić information content (AvgIpc) is 3.01. The molecule has 0 bridgehead atoms. The number of alkyl halides is 3. The zero-order valence-electron chi connectivity index (χ0n) is 24.0. The van der Waals surface area contributed by atoms with Gasteiger partial charge >= 0.3 is 12.1 Å². The Balaban J connectivity index is 1.35. The highest BCUT2D eigenvalue weighted by atomic mass is 79.9. The Morgan fingerprint density at radius 1 is 1.09 bits per heavy atom. The Hall–Kier alpha value is -3.46. The van der Waals surface area contributed by atoms with Gasteiger partial charge in [-0.3, -0.25) is 14.6 Å². The van der Waals surface area contributed by atoms with Crippen molar-refractivity contribution >= 4 is 33.5 Å². The van der Waals surface area contributed by atoms with Gasteiger partial charge in [0.1, 0.15) is 18.2 Å². The van der Waals surface area contributed by atoms with Crippen molar-refractivity contribution in [3.63, 3.8) is 0 Å². The number of hydrogen-bond acceptors (Lipinski definition) is 7. The lowest BCUT2D eigenvalue weighted by molar-refractivity contribution is -0.158. The Kier molecular flexibility index (Phi) is 12.0. The van der Waals surface area contributed by atoms with E-state index in [-0.39, 0.29) is 37.0 Å². The summed E-state index contributed by atoms with van der Waals surface area (Å²) >= 11 is 3.39. The maximum absolute atomic E-state index is 14.9. The summed E-state index contributed by atoms with van der Waals surface area (Å²) in [6.45, 7) is 0.323. The smallest absolute Gasteiger partial charge is 0.389 e. The molecule has 1 aliphatic heterocycles. The average molecular weight is 700 g/mol. The number of pyridine rings is 1. The molecule has 8 nitrogen and oxygen atoms in total. The lowest BCUT2D eigenvalue weighted by Gasteiger charge is -2.30. The molecule has 1 fully saturated rings. The predicted octanol–water partition coefficient (Wildman–Crippen LogP) is 5.40. The van der Waals surface area contributed by atoms with E-state index in [2.05, 4.69) is 31.5 Å². The van der Waals surface area contributed by atoms with Crippen LogP contribution in [0.5, 0.6) is 0 Å². The fraction of sp³-hybridized carbons (Fsp3) is 0.387. The van der Waals surface area contributed by atoms with Crippen molar-refractivity contribution in [3.8, 4) is 0 Å². The third kappa shape index (κ3) is 10.3. The van der Waals surface area contributed by atoms with E-state index in [1.165, 1.54) is 18.3 Å². The number of morpholine rings is 1. The lowest BCUT2D eigenvalue weighted by Crippen LogP contribution is -2.49. The highest BCUT2D eigenvalue weighted by molar-refractivity contribution is 9.10. The van der Waals surface area contributed by atoms with Gasteiger partial charge in [0, 0.05) is 22.5 Å². The molecule has 1 aliphatic rings. The fourth-order valence-electron chi connectivity index (χ4n) is 4.91. The third-order valence-electron chi connectivity index (χ3n) is 7.32. The molecule has 0 radical (unpaired) electrons. The van der Waals surface area contributed by atoms with Gasteiger partial charge in [-0.05, 0) is 48.2 Å². The molecule has 1 saturated heterocycles. The van der Waals surface area contributed by atoms with Gasteiger partial charge in [0.05, 0.1) is 55.7 Å². The second-order valence-corrected chi connectivity index (χ2v) is 11.6. The summed E-state index contributed by atoms with van der Waals surface area (Å²) in [5.41, 5.74) is 8.18. The minimum Gasteiger partial charge on any atom is -0.464 e. The van der Waals surface area contributed by atoms with Crippen LogP contribution in [0.25, 0.3) is 0 Å². The van der Waals surface area contributed by atoms with Gasteiger partial charge in [0.25, 0.3) is 0 Å². The number of nitrogens with zero attached hydrogens (tertiary/aromatic N) is 1. The zero-order chi connectivity index (χ0) is 32.6. The first-order valence-electron chi connectivity index (χ1n) is 14.2. The van der Waals surface area contributed by atoms with E-state index in [9.17, 15) is 31.5 Å². The number of anilines is 1. The van der Waals surface area contributed by atoms with E-state index >= 15 is 0 Å². The van der Waals surface area contributed by atoms with E-state index < -0.39 is 60.5 Å². The number of benzene rings is 2. The van der Waals surface area contributed by atoms with Gasteiger partial charge in [0.15, 0.2) is 0 Å². The van der Waals surface area contributed by atoms with Crippen LogP contribution in [0.1, 0.15) is 41.9 Å². The summed E-state index contributed by atoms with van der Waals surface area (Å²) in [4.78, 5) is 28.9. The van der Waals surface area contributed by atoms with Gasteiger partial charge in [-0.25, -0.2) is 8.78 Å². The van der Waals surface area contributed by atoms with E-state index in [1.54, 1.807) is 36.4 Å². The molecule has 3 aromatic rings. The third-order valence-corrected chi connectivity index (χ3v) is 7.85. The van der Waals surface area contributed by atoms with Crippen LogP contribution in [0.15, 0.2) is 65.4 Å². The molecule has 1 aromatic heterocycles. The Morgan fingerprint density at radius 3 is 2.38 bits per heavy atom. The number of hydrogen-bond donors (Lipinski definition) is 3. The first-order valence-corrected chi connectivity index (χ1v) is 15.0. The summed E-state index contributed by atoms with van der Waals surface area (Å²) in [6, 6.07) is 11.4. The van der Waals surface area contributed by atoms with Gasteiger partial charge in [-0.15, -0.1) is 0 Å². The number of carbonyl (C=O) groups excluding carboxylic acids is 2. The van der Waals surface area contributed by atoms with Crippen molar-refractivity contribution < 1.29 is 41.0 Å². The van der Waals surface area contributed by atoms with Crippen molar-refractivity contribution in [1.29, 1.82) is 0 Å². The Morgan fingerprint density at radius 2 is 1.76 bits per heavy atom. The molecule has 2 aromatic carbocycles. The standard InChI is InChI=1S/C31H32BrF5N4O4/c32-20-5-1-18(2-6-20)28(19-3-7-21(33)8-4-19)29(38)30(43)41-26-15-39-14-25(34)24(26)10-9-23-13-40-22(16-44-23)17-45-27(42)11-12-31(35,36)37/h1-8,14-15,22-23,28-29,40H,9-13,16-17,38H2,(H,41,43)/t22-,23+,28-,29-/m0/s1. The Bertz CT molecular complexity index is 1390. The molecule has 242 valence electrons. The second kappa shape index (κ2) is 15.7. The summed E-state index contributed by atoms with van der Waals surface area (Å²) in [5, 5.41) is 5.83. The quantitative estimate of drug-likeness (QED) is 0.172. The van der Waals surface area contributed by atoms with E-state index in [0.717, 1.165) is 16.2 Å². The number of nitrogens with two attached hydrogens (primary N) is 1. The van der Waals surface area contributed by atoms with Gasteiger partial charge in [-0.1, -0.05) is 40.2 Å². The number of nitrogens with one attached hydrogen (secondary N) is 2. The molecular formula is C31H32BrF5N4O4. The van der Waals surface area contributed by atoms with Crippen LogP contribution in [0.3, 0.4) is 0 Å². The fourth-order valence-corrected chi connectivity index (χ4v) is 5.18. The highest BCUT2D eigenvalue weighted by Crippen LogP contribution is 2.30. The number of carbonyl (C=O) groups is 2. The normalized spacial score (nSPS) is 18.2. The van der Waals surface area contributed by atoms with E-state index in [1.807, 2.05) is 0 Å². The first-order chi connectivity index (χ1) is 21.4.